The fraction of sp³-hybridized carbons (Fsp3) is 0.500. The molecule has 1 aliphatic rings. The van der Waals surface area contributed by atoms with Crippen molar-refractivity contribution >= 4 is 5.69 Å². The summed E-state index contributed by atoms with van der Waals surface area (Å²) >= 11 is 0. The minimum atomic E-state index is -0.841. The van der Waals surface area contributed by atoms with Crippen LogP contribution >= 0.6 is 0 Å². The van der Waals surface area contributed by atoms with E-state index in [0.717, 1.165) is 6.42 Å². The number of aromatic amines is 1. The van der Waals surface area contributed by atoms with Crippen molar-refractivity contribution in [2.75, 3.05) is 0 Å². The molecule has 2 N–H and O–H groups in total. The van der Waals surface area contributed by atoms with Gasteiger partial charge >= 0.3 is 11.2 Å². The number of pyridine rings is 1. The Kier molecular flexibility index (Phi) is 2.41. The predicted molar refractivity (Wildman–Crippen MR) is 56.6 cm³/mol. The first-order chi connectivity index (χ1) is 7.50. The molecule has 6 nitrogen and oxygen atoms in total. The summed E-state index contributed by atoms with van der Waals surface area (Å²) in [6, 6.07) is 0. The molecule has 0 fully saturated rings. The van der Waals surface area contributed by atoms with Crippen LogP contribution in [0.25, 0.3) is 0 Å². The molecule has 1 atom stereocenters. The molecule has 1 aromatic rings. The zero-order valence-corrected chi connectivity index (χ0v) is 8.82. The van der Waals surface area contributed by atoms with Gasteiger partial charge in [0, 0.05) is 11.3 Å². The molecule has 1 heterocycles. The van der Waals surface area contributed by atoms with Crippen LogP contribution in [0.2, 0.25) is 0 Å². The van der Waals surface area contributed by atoms with Crippen LogP contribution in [0.1, 0.15) is 24.6 Å². The van der Waals surface area contributed by atoms with E-state index in [4.69, 9.17) is 0 Å². The molecule has 0 aliphatic heterocycles. The molecule has 2 rings (SSSR count). The van der Waals surface area contributed by atoms with Crippen molar-refractivity contribution in [3.63, 3.8) is 0 Å². The van der Waals surface area contributed by atoms with E-state index in [-0.39, 0.29) is 0 Å². The number of nitro groups is 1. The third-order valence-electron chi connectivity index (χ3n) is 2.98. The Morgan fingerprint density at radius 1 is 1.56 bits per heavy atom. The SMILES string of the molecule is CC1CCc2c([nH]c(=O)c([N+](=O)[O-])c2O)C1. The van der Waals surface area contributed by atoms with Crippen LogP contribution in [-0.2, 0) is 12.8 Å². The molecule has 0 aromatic carbocycles. The van der Waals surface area contributed by atoms with E-state index < -0.39 is 21.9 Å². The summed E-state index contributed by atoms with van der Waals surface area (Å²) in [6.07, 6.45) is 2.08. The molecule has 1 aliphatic carbocycles. The summed E-state index contributed by atoms with van der Waals surface area (Å²) in [5, 5.41) is 20.3. The van der Waals surface area contributed by atoms with Crippen molar-refractivity contribution in [3.05, 3.63) is 31.7 Å². The van der Waals surface area contributed by atoms with Crippen LogP contribution < -0.4 is 5.56 Å². The van der Waals surface area contributed by atoms with Gasteiger partial charge < -0.3 is 10.1 Å². The van der Waals surface area contributed by atoms with E-state index in [0.29, 0.717) is 30.0 Å². The lowest BCUT2D eigenvalue weighted by molar-refractivity contribution is -0.387. The smallest absolute Gasteiger partial charge is 0.375 e. The number of nitrogens with zero attached hydrogens (tertiary/aromatic N) is 1. The summed E-state index contributed by atoms with van der Waals surface area (Å²) in [6.45, 7) is 2.04. The highest BCUT2D eigenvalue weighted by Crippen LogP contribution is 2.33. The zero-order chi connectivity index (χ0) is 11.9. The monoisotopic (exact) mass is 224 g/mol. The second-order valence-corrected chi connectivity index (χ2v) is 4.21. The molecule has 1 aromatic heterocycles. The highest BCUT2D eigenvalue weighted by atomic mass is 16.6. The average Bonchev–Trinajstić information content (AvgIpc) is 2.15. The standard InChI is InChI=1S/C10H12N2O4/c1-5-2-3-6-7(4-5)11-10(14)8(9(6)13)12(15)16/h5H,2-4H2,1H3,(H2,11,13,14). The Labute approximate surface area is 91.1 Å². The third kappa shape index (κ3) is 1.56. The maximum atomic E-state index is 11.4. The highest BCUT2D eigenvalue weighted by molar-refractivity contribution is 5.51. The lowest BCUT2D eigenvalue weighted by Gasteiger charge is -2.21. The minimum absolute atomic E-state index is 0.420. The molecule has 0 saturated carbocycles. The van der Waals surface area contributed by atoms with Gasteiger partial charge in [0.15, 0.2) is 0 Å². The van der Waals surface area contributed by atoms with Crippen molar-refractivity contribution in [1.29, 1.82) is 0 Å². The summed E-state index contributed by atoms with van der Waals surface area (Å²) < 4.78 is 0. The first-order valence-corrected chi connectivity index (χ1v) is 5.12. The number of hydrogen-bond donors (Lipinski definition) is 2. The van der Waals surface area contributed by atoms with Crippen LogP contribution in [0, 0.1) is 16.0 Å². The van der Waals surface area contributed by atoms with Gasteiger partial charge in [-0.05, 0) is 25.2 Å². The number of H-pyrrole nitrogens is 1. The topological polar surface area (TPSA) is 96.2 Å². The Balaban J connectivity index is 2.64. The normalized spacial score (nSPS) is 19.2. The van der Waals surface area contributed by atoms with E-state index in [2.05, 4.69) is 4.98 Å². The Bertz CT molecular complexity index is 506. The van der Waals surface area contributed by atoms with Gasteiger partial charge in [0.1, 0.15) is 0 Å². The fourth-order valence-corrected chi connectivity index (χ4v) is 2.12. The molecular weight excluding hydrogens is 212 g/mol. The molecule has 0 amide bonds. The molecule has 0 bridgehead atoms. The molecule has 6 heteroatoms. The Morgan fingerprint density at radius 2 is 2.25 bits per heavy atom. The van der Waals surface area contributed by atoms with Gasteiger partial charge in [0.25, 0.3) is 0 Å². The van der Waals surface area contributed by atoms with Gasteiger partial charge in [0.2, 0.25) is 5.75 Å². The number of fused-ring (bicyclic) bond motifs is 1. The van der Waals surface area contributed by atoms with Gasteiger partial charge in [-0.15, -0.1) is 0 Å². The first-order valence-electron chi connectivity index (χ1n) is 5.12. The maximum absolute atomic E-state index is 11.4. The quantitative estimate of drug-likeness (QED) is 0.551. The van der Waals surface area contributed by atoms with E-state index in [1.54, 1.807) is 0 Å². The second-order valence-electron chi connectivity index (χ2n) is 4.21. The van der Waals surface area contributed by atoms with Crippen molar-refractivity contribution in [2.45, 2.75) is 26.2 Å². The molecule has 0 saturated heterocycles. The summed E-state index contributed by atoms with van der Waals surface area (Å²) in [4.78, 5) is 23.7. The van der Waals surface area contributed by atoms with E-state index in [1.807, 2.05) is 6.92 Å². The molecule has 16 heavy (non-hydrogen) atoms. The fourth-order valence-electron chi connectivity index (χ4n) is 2.12. The van der Waals surface area contributed by atoms with Gasteiger partial charge in [-0.2, -0.15) is 0 Å². The van der Waals surface area contributed by atoms with E-state index in [1.165, 1.54) is 0 Å². The van der Waals surface area contributed by atoms with Gasteiger partial charge in [-0.25, -0.2) is 0 Å². The summed E-state index contributed by atoms with van der Waals surface area (Å²) in [7, 11) is 0. The Hall–Kier alpha value is -1.85. The second kappa shape index (κ2) is 3.62. The van der Waals surface area contributed by atoms with E-state index >= 15 is 0 Å². The lowest BCUT2D eigenvalue weighted by Crippen LogP contribution is -2.21. The van der Waals surface area contributed by atoms with Crippen molar-refractivity contribution in [2.24, 2.45) is 5.92 Å². The molecule has 0 spiro atoms. The third-order valence-corrected chi connectivity index (χ3v) is 2.98. The zero-order valence-electron chi connectivity index (χ0n) is 8.82. The molecule has 1 unspecified atom stereocenters. The summed E-state index contributed by atoms with van der Waals surface area (Å²) in [5.41, 5.74) is -0.417. The lowest BCUT2D eigenvalue weighted by atomic mass is 9.87. The number of aromatic nitrogens is 1. The van der Waals surface area contributed by atoms with Crippen LogP contribution in [0.3, 0.4) is 0 Å². The minimum Gasteiger partial charge on any atom is -0.502 e. The van der Waals surface area contributed by atoms with Gasteiger partial charge in [-0.1, -0.05) is 6.92 Å². The largest absolute Gasteiger partial charge is 0.502 e. The average molecular weight is 224 g/mol. The van der Waals surface area contributed by atoms with Crippen LogP contribution in [0.15, 0.2) is 4.79 Å². The number of nitrogens with one attached hydrogen (secondary N) is 1. The molecular formula is C10H12N2O4. The van der Waals surface area contributed by atoms with Crippen LogP contribution in [0.5, 0.6) is 5.75 Å². The van der Waals surface area contributed by atoms with E-state index in [9.17, 15) is 20.0 Å². The van der Waals surface area contributed by atoms with Crippen molar-refractivity contribution < 1.29 is 10.0 Å². The number of rotatable bonds is 1. The Morgan fingerprint density at radius 3 is 2.88 bits per heavy atom. The predicted octanol–water partition coefficient (Wildman–Crippen LogP) is 1.11. The van der Waals surface area contributed by atoms with Crippen molar-refractivity contribution in [3.8, 4) is 5.75 Å². The van der Waals surface area contributed by atoms with Crippen LogP contribution in [0.4, 0.5) is 5.69 Å². The number of aromatic hydroxyl groups is 1. The molecule has 0 radical (unpaired) electrons. The first kappa shape index (κ1) is 10.7. The maximum Gasteiger partial charge on any atom is 0.375 e. The summed E-state index contributed by atoms with van der Waals surface area (Å²) in [5.74, 6) is -0.0420. The highest BCUT2D eigenvalue weighted by Gasteiger charge is 2.28. The van der Waals surface area contributed by atoms with Crippen LogP contribution in [-0.4, -0.2) is 15.0 Å². The number of hydrogen-bond acceptors (Lipinski definition) is 4. The molecule has 86 valence electrons. The van der Waals surface area contributed by atoms with Gasteiger partial charge in [-0.3, -0.25) is 14.9 Å². The van der Waals surface area contributed by atoms with Gasteiger partial charge in [0.05, 0.1) is 4.92 Å². The van der Waals surface area contributed by atoms with Crippen molar-refractivity contribution in [1.82, 2.24) is 4.98 Å².